The monoisotopic (exact) mass is 228 g/mol. The van der Waals surface area contributed by atoms with E-state index in [1.807, 2.05) is 31.2 Å². The van der Waals surface area contributed by atoms with Crippen molar-refractivity contribution in [2.24, 2.45) is 4.99 Å². The quantitative estimate of drug-likeness (QED) is 0.596. The maximum Gasteiger partial charge on any atom is 0.235 e. The molecule has 0 amide bonds. The second-order valence-electron chi connectivity index (χ2n) is 3.46. The molecular formula is C13H12N2O2. The van der Waals surface area contributed by atoms with Crippen LogP contribution < -0.4 is 4.74 Å². The van der Waals surface area contributed by atoms with Crippen LogP contribution in [0.3, 0.4) is 0 Å². The van der Waals surface area contributed by atoms with Gasteiger partial charge in [-0.2, -0.15) is 0 Å². The van der Waals surface area contributed by atoms with E-state index in [-0.39, 0.29) is 0 Å². The third-order valence-electron chi connectivity index (χ3n) is 2.44. The molecule has 86 valence electrons. The van der Waals surface area contributed by atoms with Crippen LogP contribution in [0.25, 0.3) is 10.9 Å². The molecule has 4 nitrogen and oxygen atoms in total. The molecule has 4 heteroatoms. The van der Waals surface area contributed by atoms with Crippen molar-refractivity contribution in [1.82, 2.24) is 4.98 Å². The zero-order chi connectivity index (χ0) is 12.1. The third kappa shape index (κ3) is 2.32. The molecule has 17 heavy (non-hydrogen) atoms. The standard InChI is InChI=1S/C13H12N2O2/c1-2-17-12-6-5-10(8-14-9-16)11-4-3-7-15-13(11)12/h3-7H,2,8H2,1H3. The average Bonchev–Trinajstić information content (AvgIpc) is 2.38. The molecule has 0 spiro atoms. The van der Waals surface area contributed by atoms with Crippen molar-refractivity contribution in [3.63, 3.8) is 0 Å². The number of hydrogen-bond donors (Lipinski definition) is 0. The summed E-state index contributed by atoms with van der Waals surface area (Å²) in [7, 11) is 0. The number of isocyanates is 1. The number of nitrogens with zero attached hydrogens (tertiary/aromatic N) is 2. The molecule has 1 aromatic heterocycles. The van der Waals surface area contributed by atoms with E-state index >= 15 is 0 Å². The minimum absolute atomic E-state index is 0.318. The number of aliphatic imine (C=N–C) groups is 1. The van der Waals surface area contributed by atoms with Crippen LogP contribution in [0.15, 0.2) is 35.5 Å². The molecular weight excluding hydrogens is 216 g/mol. The smallest absolute Gasteiger partial charge is 0.235 e. The van der Waals surface area contributed by atoms with Crippen LogP contribution in [0.2, 0.25) is 0 Å². The van der Waals surface area contributed by atoms with Crippen LogP contribution in [0, 0.1) is 0 Å². The molecule has 0 unspecified atom stereocenters. The van der Waals surface area contributed by atoms with E-state index in [1.165, 1.54) is 0 Å². The minimum Gasteiger partial charge on any atom is -0.492 e. The Morgan fingerprint density at radius 1 is 1.41 bits per heavy atom. The Hall–Kier alpha value is -2.19. The normalized spacial score (nSPS) is 9.94. The Kier molecular flexibility index (Phi) is 3.48. The first kappa shape index (κ1) is 11.3. The summed E-state index contributed by atoms with van der Waals surface area (Å²) >= 11 is 0. The summed E-state index contributed by atoms with van der Waals surface area (Å²) in [6.07, 6.45) is 3.26. The fourth-order valence-electron chi connectivity index (χ4n) is 1.73. The van der Waals surface area contributed by atoms with Crippen LogP contribution in [-0.4, -0.2) is 17.7 Å². The van der Waals surface area contributed by atoms with Crippen LogP contribution in [-0.2, 0) is 11.3 Å². The molecule has 0 saturated heterocycles. The number of ether oxygens (including phenoxy) is 1. The molecule has 0 aliphatic carbocycles. The minimum atomic E-state index is 0.318. The van der Waals surface area contributed by atoms with Crippen molar-refractivity contribution < 1.29 is 9.53 Å². The molecule has 0 radical (unpaired) electrons. The van der Waals surface area contributed by atoms with E-state index in [0.717, 1.165) is 22.2 Å². The van der Waals surface area contributed by atoms with Gasteiger partial charge in [-0.1, -0.05) is 12.1 Å². The number of carbonyl (C=O) groups excluding carboxylic acids is 1. The van der Waals surface area contributed by atoms with Crippen molar-refractivity contribution in [2.45, 2.75) is 13.5 Å². The van der Waals surface area contributed by atoms with Crippen LogP contribution >= 0.6 is 0 Å². The molecule has 0 bridgehead atoms. The zero-order valence-corrected chi connectivity index (χ0v) is 9.51. The molecule has 1 heterocycles. The lowest BCUT2D eigenvalue weighted by molar-refractivity contribution is 0.343. The number of aromatic nitrogens is 1. The summed E-state index contributed by atoms with van der Waals surface area (Å²) in [5.41, 5.74) is 1.74. The van der Waals surface area contributed by atoms with Crippen molar-refractivity contribution in [2.75, 3.05) is 6.61 Å². The van der Waals surface area contributed by atoms with Gasteiger partial charge in [-0.3, -0.25) is 4.98 Å². The molecule has 0 fully saturated rings. The zero-order valence-electron chi connectivity index (χ0n) is 9.51. The maximum absolute atomic E-state index is 10.2. The maximum atomic E-state index is 10.2. The largest absolute Gasteiger partial charge is 0.492 e. The molecule has 0 atom stereocenters. The summed E-state index contributed by atoms with van der Waals surface area (Å²) in [5, 5.41) is 0.956. The average molecular weight is 228 g/mol. The van der Waals surface area contributed by atoms with Gasteiger partial charge in [0.2, 0.25) is 6.08 Å². The molecule has 0 aliphatic rings. The van der Waals surface area contributed by atoms with Crippen LogP contribution in [0.1, 0.15) is 12.5 Å². The summed E-state index contributed by atoms with van der Waals surface area (Å²) in [6, 6.07) is 7.55. The van der Waals surface area contributed by atoms with E-state index in [9.17, 15) is 4.79 Å². The summed E-state index contributed by atoms with van der Waals surface area (Å²) in [4.78, 5) is 18.0. The lowest BCUT2D eigenvalue weighted by atomic mass is 10.1. The SMILES string of the molecule is CCOc1ccc(CN=C=O)c2cccnc12. The first-order valence-electron chi connectivity index (χ1n) is 5.40. The molecule has 1 aromatic carbocycles. The van der Waals surface area contributed by atoms with Crippen molar-refractivity contribution in [3.05, 3.63) is 36.0 Å². The molecule has 2 aromatic rings. The van der Waals surface area contributed by atoms with E-state index in [1.54, 1.807) is 12.3 Å². The topological polar surface area (TPSA) is 51.5 Å². The molecule has 0 aliphatic heterocycles. The Morgan fingerprint density at radius 2 is 2.29 bits per heavy atom. The predicted octanol–water partition coefficient (Wildman–Crippen LogP) is 2.47. The lowest BCUT2D eigenvalue weighted by Gasteiger charge is -2.08. The van der Waals surface area contributed by atoms with Gasteiger partial charge in [0.05, 0.1) is 13.2 Å². The van der Waals surface area contributed by atoms with Gasteiger partial charge in [-0.25, -0.2) is 9.79 Å². The second-order valence-corrected chi connectivity index (χ2v) is 3.46. The van der Waals surface area contributed by atoms with E-state index in [2.05, 4.69) is 9.98 Å². The fraction of sp³-hybridized carbons (Fsp3) is 0.231. The van der Waals surface area contributed by atoms with Gasteiger partial charge in [-0.15, -0.1) is 0 Å². The summed E-state index contributed by atoms with van der Waals surface area (Å²) < 4.78 is 5.51. The van der Waals surface area contributed by atoms with Crippen molar-refractivity contribution >= 4 is 17.0 Å². The number of pyridine rings is 1. The summed E-state index contributed by atoms with van der Waals surface area (Å²) in [5.74, 6) is 0.752. The third-order valence-corrected chi connectivity index (χ3v) is 2.44. The first-order valence-corrected chi connectivity index (χ1v) is 5.40. The van der Waals surface area contributed by atoms with Crippen molar-refractivity contribution in [3.8, 4) is 5.75 Å². The predicted molar refractivity (Wildman–Crippen MR) is 64.7 cm³/mol. The van der Waals surface area contributed by atoms with Gasteiger partial charge in [0.1, 0.15) is 11.3 Å². The summed E-state index contributed by atoms with van der Waals surface area (Å²) in [6.45, 7) is 2.84. The van der Waals surface area contributed by atoms with Gasteiger partial charge in [0.25, 0.3) is 0 Å². The van der Waals surface area contributed by atoms with E-state index in [0.29, 0.717) is 13.2 Å². The Morgan fingerprint density at radius 3 is 3.06 bits per heavy atom. The Balaban J connectivity index is 2.57. The highest BCUT2D eigenvalue weighted by Gasteiger charge is 2.06. The van der Waals surface area contributed by atoms with Gasteiger partial charge in [0, 0.05) is 11.6 Å². The second kappa shape index (κ2) is 5.23. The molecule has 0 saturated carbocycles. The van der Waals surface area contributed by atoms with E-state index < -0.39 is 0 Å². The highest BCUT2D eigenvalue weighted by Crippen LogP contribution is 2.27. The fourth-order valence-corrected chi connectivity index (χ4v) is 1.73. The molecule has 2 rings (SSSR count). The van der Waals surface area contributed by atoms with Crippen molar-refractivity contribution in [1.29, 1.82) is 0 Å². The number of fused-ring (bicyclic) bond motifs is 1. The van der Waals surface area contributed by atoms with Gasteiger partial charge < -0.3 is 4.74 Å². The molecule has 0 N–H and O–H groups in total. The Labute approximate surface area is 99.0 Å². The Bertz CT molecular complexity index is 575. The number of rotatable bonds is 4. The number of benzene rings is 1. The lowest BCUT2D eigenvalue weighted by Crippen LogP contribution is -1.95. The van der Waals surface area contributed by atoms with Gasteiger partial charge in [0.15, 0.2) is 0 Å². The van der Waals surface area contributed by atoms with Gasteiger partial charge in [-0.05, 0) is 24.6 Å². The highest BCUT2D eigenvalue weighted by atomic mass is 16.5. The van der Waals surface area contributed by atoms with E-state index in [4.69, 9.17) is 4.74 Å². The highest BCUT2D eigenvalue weighted by molar-refractivity contribution is 5.87. The first-order chi connectivity index (χ1) is 8.36. The van der Waals surface area contributed by atoms with Crippen LogP contribution in [0.4, 0.5) is 0 Å². The van der Waals surface area contributed by atoms with Gasteiger partial charge >= 0.3 is 0 Å². The number of hydrogen-bond acceptors (Lipinski definition) is 4. The van der Waals surface area contributed by atoms with Crippen LogP contribution in [0.5, 0.6) is 5.75 Å².